The van der Waals surface area contributed by atoms with E-state index < -0.39 is 6.04 Å². The van der Waals surface area contributed by atoms with E-state index in [1.165, 1.54) is 0 Å². The van der Waals surface area contributed by atoms with Gasteiger partial charge in [0.25, 0.3) is 0 Å². The molecule has 90 valence electrons. The van der Waals surface area contributed by atoms with E-state index in [-0.39, 0.29) is 12.5 Å². The Morgan fingerprint density at radius 1 is 1.59 bits per heavy atom. The maximum Gasteiger partial charge on any atom is 0.239 e. The van der Waals surface area contributed by atoms with Gasteiger partial charge in [-0.2, -0.15) is 0 Å². The van der Waals surface area contributed by atoms with Gasteiger partial charge in [-0.1, -0.05) is 6.07 Å². The lowest BCUT2D eigenvalue weighted by atomic mass is 10.2. The molecule has 0 saturated heterocycles. The van der Waals surface area contributed by atoms with Crippen molar-refractivity contribution in [3.63, 3.8) is 0 Å². The number of aromatic amines is 1. The summed E-state index contributed by atoms with van der Waals surface area (Å²) in [6.45, 7) is 0.0207. The first-order chi connectivity index (χ1) is 8.20. The number of amides is 1. The third-order valence-electron chi connectivity index (χ3n) is 2.48. The lowest BCUT2D eigenvalue weighted by molar-refractivity contribution is -0.123. The molecule has 1 amide bonds. The maximum atomic E-state index is 11.3. The zero-order valence-electron chi connectivity index (χ0n) is 9.18. The average molecular weight is 234 g/mol. The molecule has 1 atom stereocenters. The highest BCUT2D eigenvalue weighted by atomic mass is 16.3. The molecule has 17 heavy (non-hydrogen) atoms. The zero-order valence-corrected chi connectivity index (χ0v) is 9.18. The van der Waals surface area contributed by atoms with Crippen LogP contribution in [0.25, 0.3) is 11.0 Å². The number of aliphatic hydroxyl groups is 1. The molecule has 0 aliphatic carbocycles. The number of aromatic nitrogens is 2. The fraction of sp³-hybridized carbons (Fsp3) is 0.273. The highest BCUT2D eigenvalue weighted by Crippen LogP contribution is 2.11. The monoisotopic (exact) mass is 234 g/mol. The summed E-state index contributed by atoms with van der Waals surface area (Å²) in [6.07, 6.45) is 1.62. The normalized spacial score (nSPS) is 12.6. The third kappa shape index (κ3) is 2.61. The minimum absolute atomic E-state index is 0.356. The summed E-state index contributed by atoms with van der Waals surface area (Å²) in [6, 6.07) is 4.80. The third-order valence-corrected chi connectivity index (χ3v) is 2.48. The van der Waals surface area contributed by atoms with Crippen molar-refractivity contribution in [1.29, 1.82) is 0 Å². The van der Waals surface area contributed by atoms with E-state index in [0.29, 0.717) is 6.54 Å². The molecule has 1 unspecified atom stereocenters. The highest BCUT2D eigenvalue weighted by molar-refractivity contribution is 5.81. The lowest BCUT2D eigenvalue weighted by Gasteiger charge is -2.09. The number of carbonyl (C=O) groups is 1. The van der Waals surface area contributed by atoms with Gasteiger partial charge in [-0.05, 0) is 17.7 Å². The Hall–Kier alpha value is -1.92. The molecule has 0 saturated carbocycles. The van der Waals surface area contributed by atoms with Crippen LogP contribution in [0.15, 0.2) is 24.5 Å². The SMILES string of the molecule is NC(CO)C(=O)NCc1ccc2nc[nH]c2c1. The molecule has 0 aliphatic rings. The number of nitrogens with two attached hydrogens (primary N) is 1. The Labute approximate surface area is 97.8 Å². The second kappa shape index (κ2) is 4.94. The van der Waals surface area contributed by atoms with E-state index in [1.807, 2.05) is 18.2 Å². The van der Waals surface area contributed by atoms with Crippen molar-refractivity contribution in [3.8, 4) is 0 Å². The van der Waals surface area contributed by atoms with E-state index >= 15 is 0 Å². The van der Waals surface area contributed by atoms with Gasteiger partial charge < -0.3 is 21.1 Å². The molecule has 1 heterocycles. The number of imidazole rings is 1. The van der Waals surface area contributed by atoms with Crippen molar-refractivity contribution in [3.05, 3.63) is 30.1 Å². The van der Waals surface area contributed by atoms with E-state index in [9.17, 15) is 4.79 Å². The molecule has 0 spiro atoms. The first kappa shape index (κ1) is 11.6. The molecule has 1 aromatic heterocycles. The number of nitrogens with zero attached hydrogens (tertiary/aromatic N) is 1. The van der Waals surface area contributed by atoms with Crippen molar-refractivity contribution >= 4 is 16.9 Å². The fourth-order valence-corrected chi connectivity index (χ4v) is 1.50. The van der Waals surface area contributed by atoms with Gasteiger partial charge in [0.05, 0.1) is 24.0 Å². The lowest BCUT2D eigenvalue weighted by Crippen LogP contribution is -2.42. The average Bonchev–Trinajstić information content (AvgIpc) is 2.82. The van der Waals surface area contributed by atoms with Crippen molar-refractivity contribution in [2.24, 2.45) is 5.73 Å². The molecular formula is C11H14N4O2. The largest absolute Gasteiger partial charge is 0.394 e. The predicted molar refractivity (Wildman–Crippen MR) is 63.0 cm³/mol. The van der Waals surface area contributed by atoms with Crippen LogP contribution in [0.3, 0.4) is 0 Å². The Bertz CT molecular complexity index is 523. The summed E-state index contributed by atoms with van der Waals surface area (Å²) in [5, 5.41) is 11.4. The van der Waals surface area contributed by atoms with Gasteiger partial charge in [-0.15, -0.1) is 0 Å². The number of hydrogen-bond donors (Lipinski definition) is 4. The van der Waals surface area contributed by atoms with Crippen LogP contribution in [0.4, 0.5) is 0 Å². The summed E-state index contributed by atoms with van der Waals surface area (Å²) in [5.41, 5.74) is 8.12. The van der Waals surface area contributed by atoms with E-state index in [2.05, 4.69) is 15.3 Å². The Morgan fingerprint density at radius 3 is 3.18 bits per heavy atom. The predicted octanol–water partition coefficient (Wildman–Crippen LogP) is -0.501. The summed E-state index contributed by atoms with van der Waals surface area (Å²) >= 11 is 0. The highest BCUT2D eigenvalue weighted by Gasteiger charge is 2.11. The first-order valence-electron chi connectivity index (χ1n) is 5.27. The first-order valence-corrected chi connectivity index (χ1v) is 5.27. The molecule has 5 N–H and O–H groups in total. The van der Waals surface area contributed by atoms with Gasteiger partial charge in [0.2, 0.25) is 5.91 Å². The van der Waals surface area contributed by atoms with Gasteiger partial charge in [0, 0.05) is 6.54 Å². The number of H-pyrrole nitrogens is 1. The Morgan fingerprint density at radius 2 is 2.41 bits per heavy atom. The van der Waals surface area contributed by atoms with Gasteiger partial charge in [0.1, 0.15) is 6.04 Å². The topological polar surface area (TPSA) is 104 Å². The summed E-state index contributed by atoms with van der Waals surface area (Å²) in [4.78, 5) is 18.4. The molecule has 6 heteroatoms. The molecule has 6 nitrogen and oxygen atoms in total. The number of benzene rings is 1. The summed E-state index contributed by atoms with van der Waals surface area (Å²) in [7, 11) is 0. The van der Waals surface area contributed by atoms with Crippen LogP contribution < -0.4 is 11.1 Å². The summed E-state index contributed by atoms with van der Waals surface area (Å²) < 4.78 is 0. The number of fused-ring (bicyclic) bond motifs is 1. The van der Waals surface area contributed by atoms with Gasteiger partial charge in [0.15, 0.2) is 0 Å². The van der Waals surface area contributed by atoms with Crippen LogP contribution in [-0.4, -0.2) is 33.6 Å². The minimum Gasteiger partial charge on any atom is -0.394 e. The second-order valence-corrected chi connectivity index (χ2v) is 3.76. The Kier molecular flexibility index (Phi) is 3.36. The zero-order chi connectivity index (χ0) is 12.3. The van der Waals surface area contributed by atoms with Crippen molar-refractivity contribution in [2.45, 2.75) is 12.6 Å². The molecule has 0 bridgehead atoms. The molecule has 0 fully saturated rings. The fourth-order valence-electron chi connectivity index (χ4n) is 1.50. The number of aliphatic hydroxyl groups excluding tert-OH is 1. The van der Waals surface area contributed by atoms with Crippen LogP contribution in [0.1, 0.15) is 5.56 Å². The summed E-state index contributed by atoms with van der Waals surface area (Å²) in [5.74, 6) is -0.364. The number of carbonyl (C=O) groups excluding carboxylic acids is 1. The molecule has 0 aliphatic heterocycles. The van der Waals surface area contributed by atoms with Gasteiger partial charge in [-0.3, -0.25) is 4.79 Å². The van der Waals surface area contributed by atoms with Crippen LogP contribution >= 0.6 is 0 Å². The van der Waals surface area contributed by atoms with E-state index in [1.54, 1.807) is 6.33 Å². The van der Waals surface area contributed by atoms with Crippen molar-refractivity contribution in [1.82, 2.24) is 15.3 Å². The van der Waals surface area contributed by atoms with Crippen molar-refractivity contribution < 1.29 is 9.90 Å². The van der Waals surface area contributed by atoms with Gasteiger partial charge >= 0.3 is 0 Å². The second-order valence-electron chi connectivity index (χ2n) is 3.76. The molecule has 2 aromatic rings. The van der Waals surface area contributed by atoms with Crippen molar-refractivity contribution in [2.75, 3.05) is 6.61 Å². The molecule has 0 radical (unpaired) electrons. The standard InChI is InChI=1S/C11H14N4O2/c12-8(5-16)11(17)13-4-7-1-2-9-10(3-7)15-6-14-9/h1-3,6,8,16H,4-5,12H2,(H,13,17)(H,14,15). The minimum atomic E-state index is -0.870. The van der Waals surface area contributed by atoms with Crippen LogP contribution in [-0.2, 0) is 11.3 Å². The maximum absolute atomic E-state index is 11.3. The molecule has 1 aromatic carbocycles. The smallest absolute Gasteiger partial charge is 0.239 e. The van der Waals surface area contributed by atoms with E-state index in [0.717, 1.165) is 16.6 Å². The molecule has 2 rings (SSSR count). The quantitative estimate of drug-likeness (QED) is 0.572. The molecular weight excluding hydrogens is 220 g/mol. The van der Waals surface area contributed by atoms with Gasteiger partial charge in [-0.25, -0.2) is 4.98 Å². The number of rotatable bonds is 4. The number of nitrogens with one attached hydrogen (secondary N) is 2. The Balaban J connectivity index is 2.01. The number of hydrogen-bond acceptors (Lipinski definition) is 4. The van der Waals surface area contributed by atoms with Crippen LogP contribution in [0.5, 0.6) is 0 Å². The van der Waals surface area contributed by atoms with Crippen LogP contribution in [0.2, 0.25) is 0 Å². The van der Waals surface area contributed by atoms with Crippen LogP contribution in [0, 0.1) is 0 Å². The van der Waals surface area contributed by atoms with E-state index in [4.69, 9.17) is 10.8 Å².